The number of benzene rings is 1. The van der Waals surface area contributed by atoms with Crippen LogP contribution in [0.3, 0.4) is 0 Å². The molecule has 1 atom stereocenters. The minimum Gasteiger partial charge on any atom is -0.496 e. The second-order valence-corrected chi connectivity index (χ2v) is 5.65. The lowest BCUT2D eigenvalue weighted by molar-refractivity contribution is -0.130. The first-order valence-electron chi connectivity index (χ1n) is 6.38. The van der Waals surface area contributed by atoms with Gasteiger partial charge in [-0.05, 0) is 36.6 Å². The summed E-state index contributed by atoms with van der Waals surface area (Å²) in [5, 5.41) is 9.43. The highest BCUT2D eigenvalue weighted by molar-refractivity contribution is 9.10. The summed E-state index contributed by atoms with van der Waals surface area (Å²) in [6, 6.07) is 5.79. The molecule has 1 aliphatic rings. The maximum atomic E-state index is 12.0. The highest BCUT2D eigenvalue weighted by Gasteiger charge is 2.24. The summed E-state index contributed by atoms with van der Waals surface area (Å²) in [6.07, 6.45) is 1.42. The number of halogens is 1. The standard InChI is InChI=1S/C14H18BrNO3/c1-19-13-4-3-11(15)8-10(13)2-5-14(18)16-7-6-12(17)9-16/h3-4,8,12,17H,2,5-7,9H2,1H3/t12-/m1/s1. The Bertz CT molecular complexity index is 464. The molecule has 1 fully saturated rings. The summed E-state index contributed by atoms with van der Waals surface area (Å²) in [7, 11) is 1.63. The fraction of sp³-hybridized carbons (Fsp3) is 0.500. The quantitative estimate of drug-likeness (QED) is 0.920. The number of ether oxygens (including phenoxy) is 1. The number of aliphatic hydroxyl groups is 1. The monoisotopic (exact) mass is 327 g/mol. The van der Waals surface area contributed by atoms with Gasteiger partial charge in [0.05, 0.1) is 13.2 Å². The SMILES string of the molecule is COc1ccc(Br)cc1CCC(=O)N1CC[C@@H](O)C1. The van der Waals surface area contributed by atoms with Crippen LogP contribution >= 0.6 is 15.9 Å². The van der Waals surface area contributed by atoms with E-state index in [1.807, 2.05) is 18.2 Å². The minimum atomic E-state index is -0.357. The first-order valence-corrected chi connectivity index (χ1v) is 7.17. The molecule has 104 valence electrons. The van der Waals surface area contributed by atoms with Crippen molar-refractivity contribution < 1.29 is 14.6 Å². The van der Waals surface area contributed by atoms with Gasteiger partial charge < -0.3 is 14.7 Å². The van der Waals surface area contributed by atoms with E-state index in [1.165, 1.54) is 0 Å². The Labute approximate surface area is 121 Å². The van der Waals surface area contributed by atoms with E-state index in [1.54, 1.807) is 12.0 Å². The molecule has 1 aromatic carbocycles. The van der Waals surface area contributed by atoms with Crippen LogP contribution in [0.25, 0.3) is 0 Å². The zero-order valence-corrected chi connectivity index (χ0v) is 12.5. The Balaban J connectivity index is 1.95. The zero-order chi connectivity index (χ0) is 13.8. The molecular weight excluding hydrogens is 310 g/mol. The van der Waals surface area contributed by atoms with Crippen molar-refractivity contribution in [3.8, 4) is 5.75 Å². The molecule has 0 spiro atoms. The number of hydrogen-bond acceptors (Lipinski definition) is 3. The zero-order valence-electron chi connectivity index (χ0n) is 10.9. The molecule has 1 N–H and O–H groups in total. The van der Waals surface area contributed by atoms with E-state index < -0.39 is 0 Å². The van der Waals surface area contributed by atoms with Crippen molar-refractivity contribution in [3.05, 3.63) is 28.2 Å². The second-order valence-electron chi connectivity index (χ2n) is 4.74. The highest BCUT2D eigenvalue weighted by atomic mass is 79.9. The number of nitrogens with zero attached hydrogens (tertiary/aromatic N) is 1. The Kier molecular flexibility index (Phi) is 4.82. The third-order valence-corrected chi connectivity index (χ3v) is 3.86. The summed E-state index contributed by atoms with van der Waals surface area (Å²) in [5.74, 6) is 0.899. The average molecular weight is 328 g/mol. The summed E-state index contributed by atoms with van der Waals surface area (Å²) in [4.78, 5) is 13.7. The summed E-state index contributed by atoms with van der Waals surface area (Å²) >= 11 is 3.42. The number of amides is 1. The van der Waals surface area contributed by atoms with Crippen molar-refractivity contribution in [1.29, 1.82) is 0 Å². The van der Waals surface area contributed by atoms with Crippen LogP contribution in [-0.4, -0.2) is 42.2 Å². The summed E-state index contributed by atoms with van der Waals surface area (Å²) in [6.45, 7) is 1.13. The van der Waals surface area contributed by atoms with Crippen LogP contribution in [0.15, 0.2) is 22.7 Å². The lowest BCUT2D eigenvalue weighted by atomic mass is 10.1. The second kappa shape index (κ2) is 6.39. The smallest absolute Gasteiger partial charge is 0.222 e. The fourth-order valence-corrected chi connectivity index (χ4v) is 2.72. The predicted molar refractivity (Wildman–Crippen MR) is 76.2 cm³/mol. The Morgan fingerprint density at radius 3 is 3.00 bits per heavy atom. The number of likely N-dealkylation sites (tertiary alicyclic amines) is 1. The molecule has 0 bridgehead atoms. The van der Waals surface area contributed by atoms with Crippen molar-refractivity contribution >= 4 is 21.8 Å². The van der Waals surface area contributed by atoms with Gasteiger partial charge in [0, 0.05) is 24.0 Å². The van der Waals surface area contributed by atoms with Gasteiger partial charge >= 0.3 is 0 Å². The number of β-amino-alcohol motifs (C(OH)–C–C–N with tert-alkyl or cyclic N) is 1. The van der Waals surface area contributed by atoms with Crippen molar-refractivity contribution in [2.45, 2.75) is 25.4 Å². The molecule has 1 aliphatic heterocycles. The van der Waals surface area contributed by atoms with Crippen molar-refractivity contribution in [3.63, 3.8) is 0 Å². The number of methoxy groups -OCH3 is 1. The van der Waals surface area contributed by atoms with Gasteiger partial charge in [0.1, 0.15) is 5.75 Å². The summed E-state index contributed by atoms with van der Waals surface area (Å²) in [5.41, 5.74) is 1.02. The molecule has 0 aliphatic carbocycles. The first kappa shape index (κ1) is 14.3. The van der Waals surface area contributed by atoms with Crippen molar-refractivity contribution in [1.82, 2.24) is 4.90 Å². The first-order chi connectivity index (χ1) is 9.10. The van der Waals surface area contributed by atoms with E-state index in [0.717, 1.165) is 15.8 Å². The largest absolute Gasteiger partial charge is 0.496 e. The van der Waals surface area contributed by atoms with Gasteiger partial charge in [0.25, 0.3) is 0 Å². The number of rotatable bonds is 4. The number of carbonyl (C=O) groups excluding carboxylic acids is 1. The van der Waals surface area contributed by atoms with E-state index in [2.05, 4.69) is 15.9 Å². The van der Waals surface area contributed by atoms with Gasteiger partial charge in [0.2, 0.25) is 5.91 Å². The molecule has 19 heavy (non-hydrogen) atoms. The van der Waals surface area contributed by atoms with Crippen LogP contribution in [0, 0.1) is 0 Å². The lowest BCUT2D eigenvalue weighted by Gasteiger charge is -2.16. The van der Waals surface area contributed by atoms with E-state index in [4.69, 9.17) is 4.74 Å². The van der Waals surface area contributed by atoms with Gasteiger partial charge in [-0.15, -0.1) is 0 Å². The molecule has 0 unspecified atom stereocenters. The minimum absolute atomic E-state index is 0.0959. The third-order valence-electron chi connectivity index (χ3n) is 3.37. The van der Waals surface area contributed by atoms with Crippen LogP contribution in [0.2, 0.25) is 0 Å². The van der Waals surface area contributed by atoms with E-state index >= 15 is 0 Å². The van der Waals surface area contributed by atoms with Gasteiger partial charge in [-0.3, -0.25) is 4.79 Å². The normalized spacial score (nSPS) is 18.7. The molecule has 1 aromatic rings. The number of carbonyl (C=O) groups is 1. The Morgan fingerprint density at radius 2 is 2.37 bits per heavy atom. The van der Waals surface area contributed by atoms with Crippen LogP contribution in [0.4, 0.5) is 0 Å². The maximum absolute atomic E-state index is 12.0. The Morgan fingerprint density at radius 1 is 1.58 bits per heavy atom. The fourth-order valence-electron chi connectivity index (χ4n) is 2.31. The summed E-state index contributed by atoms with van der Waals surface area (Å²) < 4.78 is 6.27. The molecular formula is C14H18BrNO3. The van der Waals surface area contributed by atoms with E-state index in [9.17, 15) is 9.90 Å². The molecule has 1 amide bonds. The molecule has 0 aromatic heterocycles. The molecule has 0 saturated carbocycles. The number of aryl methyl sites for hydroxylation is 1. The highest BCUT2D eigenvalue weighted by Crippen LogP contribution is 2.24. The molecule has 1 saturated heterocycles. The van der Waals surface area contributed by atoms with Crippen LogP contribution in [0.5, 0.6) is 5.75 Å². The average Bonchev–Trinajstić information content (AvgIpc) is 2.83. The number of hydrogen-bond donors (Lipinski definition) is 1. The van der Waals surface area contributed by atoms with E-state index in [-0.39, 0.29) is 12.0 Å². The van der Waals surface area contributed by atoms with Crippen LogP contribution < -0.4 is 4.74 Å². The third kappa shape index (κ3) is 3.70. The molecule has 0 radical (unpaired) electrons. The van der Waals surface area contributed by atoms with E-state index in [0.29, 0.717) is 32.4 Å². The Hall–Kier alpha value is -1.07. The van der Waals surface area contributed by atoms with Crippen molar-refractivity contribution in [2.24, 2.45) is 0 Å². The van der Waals surface area contributed by atoms with Crippen LogP contribution in [0.1, 0.15) is 18.4 Å². The molecule has 1 heterocycles. The van der Waals surface area contributed by atoms with Gasteiger partial charge in [-0.25, -0.2) is 0 Å². The van der Waals surface area contributed by atoms with Gasteiger partial charge in [0.15, 0.2) is 0 Å². The molecule has 2 rings (SSSR count). The predicted octanol–water partition coefficient (Wildman–Crippen LogP) is 1.98. The van der Waals surface area contributed by atoms with Gasteiger partial charge in [-0.2, -0.15) is 0 Å². The van der Waals surface area contributed by atoms with Gasteiger partial charge in [-0.1, -0.05) is 15.9 Å². The maximum Gasteiger partial charge on any atom is 0.222 e. The molecule has 4 nitrogen and oxygen atoms in total. The van der Waals surface area contributed by atoms with Crippen LogP contribution in [-0.2, 0) is 11.2 Å². The number of aliphatic hydroxyl groups excluding tert-OH is 1. The lowest BCUT2D eigenvalue weighted by Crippen LogP contribution is -2.29. The molecule has 5 heteroatoms. The van der Waals surface area contributed by atoms with Crippen molar-refractivity contribution in [2.75, 3.05) is 20.2 Å². The topological polar surface area (TPSA) is 49.8 Å².